The van der Waals surface area contributed by atoms with Gasteiger partial charge in [-0.25, -0.2) is 18.2 Å². The van der Waals surface area contributed by atoms with Crippen LogP contribution in [0.3, 0.4) is 0 Å². The molecule has 3 aromatic rings. The fourth-order valence-electron chi connectivity index (χ4n) is 5.49. The molecule has 0 bridgehead atoms. The number of carbonyl (C=O) groups excluding carboxylic acids is 2. The van der Waals surface area contributed by atoms with Gasteiger partial charge in [0.25, 0.3) is 0 Å². The third kappa shape index (κ3) is 9.98. The number of carboxylic acids is 1. The van der Waals surface area contributed by atoms with Gasteiger partial charge in [-0.1, -0.05) is 54.1 Å². The molecule has 0 aliphatic carbocycles. The number of hydrogen-bond acceptors (Lipinski definition) is 9. The molecule has 13 nitrogen and oxygen atoms in total. The summed E-state index contributed by atoms with van der Waals surface area (Å²) in [6.45, 7) is 6.75. The Morgan fingerprint density at radius 3 is 2.36 bits per heavy atom. The molecule has 1 saturated heterocycles. The van der Waals surface area contributed by atoms with Gasteiger partial charge >= 0.3 is 12.1 Å². The number of carboxylic acid groups (broad SMARTS) is 1. The molecule has 2 aromatic carbocycles. The number of nitrogens with one attached hydrogen (secondary N) is 3. The van der Waals surface area contributed by atoms with Crippen LogP contribution in [0.15, 0.2) is 65.7 Å². The highest BCUT2D eigenvalue weighted by molar-refractivity contribution is 7.89. The van der Waals surface area contributed by atoms with Crippen molar-refractivity contribution in [2.75, 3.05) is 31.6 Å². The Balaban J connectivity index is 1.33. The molecule has 4 rings (SSSR count). The molecule has 3 unspecified atom stereocenters. The van der Waals surface area contributed by atoms with E-state index in [4.69, 9.17) is 9.47 Å². The summed E-state index contributed by atoms with van der Waals surface area (Å²) in [7, 11) is -4.20. The topological polar surface area (TPSA) is 176 Å². The van der Waals surface area contributed by atoms with Crippen LogP contribution in [0, 0.1) is 27.7 Å². The van der Waals surface area contributed by atoms with Gasteiger partial charge in [-0.3, -0.25) is 9.59 Å². The number of aromatic nitrogens is 1. The number of pyridine rings is 1. The fraction of sp³-hybridized carbons (Fsp3) is 0.394. The third-order valence-electron chi connectivity index (χ3n) is 7.67. The lowest BCUT2D eigenvalue weighted by atomic mass is 10.1. The molecule has 252 valence electrons. The first-order valence-electron chi connectivity index (χ1n) is 15.2. The summed E-state index contributed by atoms with van der Waals surface area (Å²) in [6, 6.07) is 14.5. The Kier molecular flexibility index (Phi) is 11.9. The van der Waals surface area contributed by atoms with Crippen molar-refractivity contribution in [1.82, 2.24) is 19.9 Å². The number of ether oxygens (including phenoxy) is 2. The Bertz CT molecular complexity index is 1640. The van der Waals surface area contributed by atoms with E-state index in [2.05, 4.69) is 20.3 Å². The van der Waals surface area contributed by atoms with Crippen LogP contribution in [0.1, 0.15) is 34.2 Å². The summed E-state index contributed by atoms with van der Waals surface area (Å²) >= 11 is 0. The molecular weight excluding hydrogens is 626 g/mol. The Morgan fingerprint density at radius 2 is 1.72 bits per heavy atom. The molecule has 1 aliphatic rings. The molecule has 0 saturated carbocycles. The van der Waals surface area contributed by atoms with Gasteiger partial charge in [0, 0.05) is 19.3 Å². The molecule has 4 N–H and O–H groups in total. The molecule has 0 radical (unpaired) electrons. The van der Waals surface area contributed by atoms with Crippen molar-refractivity contribution < 1.29 is 37.4 Å². The van der Waals surface area contributed by atoms with E-state index in [1.807, 2.05) is 56.3 Å². The first kappa shape index (κ1) is 35.3. The van der Waals surface area contributed by atoms with Crippen LogP contribution >= 0.6 is 0 Å². The molecule has 2 amide bonds. The Morgan fingerprint density at radius 1 is 1.02 bits per heavy atom. The van der Waals surface area contributed by atoms with E-state index in [0.29, 0.717) is 29.9 Å². The van der Waals surface area contributed by atoms with Gasteiger partial charge in [0.05, 0.1) is 23.6 Å². The van der Waals surface area contributed by atoms with E-state index in [0.717, 1.165) is 16.7 Å². The Labute approximate surface area is 274 Å². The zero-order valence-corrected chi connectivity index (χ0v) is 27.7. The predicted molar refractivity (Wildman–Crippen MR) is 174 cm³/mol. The van der Waals surface area contributed by atoms with E-state index in [1.54, 1.807) is 37.1 Å². The molecule has 1 aliphatic heterocycles. The summed E-state index contributed by atoms with van der Waals surface area (Å²) < 4.78 is 39.7. The molecule has 47 heavy (non-hydrogen) atoms. The zero-order valence-electron chi connectivity index (χ0n) is 26.9. The van der Waals surface area contributed by atoms with E-state index in [-0.39, 0.29) is 24.1 Å². The van der Waals surface area contributed by atoms with Gasteiger partial charge in [-0.05, 0) is 62.4 Å². The highest BCUT2D eigenvalue weighted by Gasteiger charge is 2.37. The van der Waals surface area contributed by atoms with Gasteiger partial charge in [0.1, 0.15) is 25.1 Å². The standard InChI is InChI=1S/C33H41N5O8S/c1-21-10-11-29(34-15-21)35-16-26-14-27(18-38(26)33(42)46-19-25-8-6-5-7-9-25)45-20-30(39)36-17-28(32(40)41)37-47(43,44)31-23(3)12-22(2)13-24(31)4/h5-13,15,26-28,37H,14,16-20H2,1-4H3,(H,34,35)(H,36,39)(H,40,41). The number of likely N-dealkylation sites (tertiary alicyclic amines) is 1. The second-order valence-corrected chi connectivity index (χ2v) is 13.3. The molecule has 2 heterocycles. The minimum Gasteiger partial charge on any atom is -0.480 e. The molecule has 14 heteroatoms. The van der Waals surface area contributed by atoms with Crippen LogP contribution in [-0.4, -0.2) is 85.8 Å². The average Bonchev–Trinajstić information content (AvgIpc) is 3.43. The summed E-state index contributed by atoms with van der Waals surface area (Å²) in [4.78, 5) is 43.6. The SMILES string of the molecule is Cc1ccc(NCC2CC(OCC(=O)NCC(NS(=O)(=O)c3c(C)cc(C)cc3C)C(=O)O)CN2C(=O)OCc2ccccc2)nc1. The molecule has 1 aromatic heterocycles. The van der Waals surface area contributed by atoms with Crippen LogP contribution in [0.25, 0.3) is 0 Å². The summed E-state index contributed by atoms with van der Waals surface area (Å²) in [5, 5.41) is 15.4. The van der Waals surface area contributed by atoms with Gasteiger partial charge in [0.15, 0.2) is 0 Å². The number of amides is 2. The molecule has 0 spiro atoms. The highest BCUT2D eigenvalue weighted by atomic mass is 32.2. The van der Waals surface area contributed by atoms with E-state index in [1.165, 1.54) is 0 Å². The Hall–Kier alpha value is -4.53. The number of rotatable bonds is 14. The highest BCUT2D eigenvalue weighted by Crippen LogP contribution is 2.24. The molecule has 3 atom stereocenters. The second-order valence-electron chi connectivity index (χ2n) is 11.7. The first-order chi connectivity index (χ1) is 22.3. The lowest BCUT2D eigenvalue weighted by Crippen LogP contribution is -2.49. The minimum absolute atomic E-state index is 0.000652. The number of carbonyl (C=O) groups is 3. The van der Waals surface area contributed by atoms with Gasteiger partial charge < -0.3 is 30.1 Å². The number of hydrogen-bond donors (Lipinski definition) is 4. The maximum atomic E-state index is 13.1. The van der Waals surface area contributed by atoms with Crippen LogP contribution < -0.4 is 15.4 Å². The normalized spacial score (nSPS) is 16.8. The van der Waals surface area contributed by atoms with Gasteiger partial charge in [-0.15, -0.1) is 0 Å². The zero-order chi connectivity index (χ0) is 34.1. The number of aryl methyl sites for hydroxylation is 4. The van der Waals surface area contributed by atoms with Gasteiger partial charge in [-0.2, -0.15) is 4.72 Å². The molecule has 1 fully saturated rings. The smallest absolute Gasteiger partial charge is 0.410 e. The number of anilines is 1. The van der Waals surface area contributed by atoms with Crippen LogP contribution in [-0.2, 0) is 35.7 Å². The van der Waals surface area contributed by atoms with E-state index >= 15 is 0 Å². The van der Waals surface area contributed by atoms with Crippen LogP contribution in [0.5, 0.6) is 0 Å². The lowest BCUT2D eigenvalue weighted by molar-refractivity contribution is -0.139. The number of aliphatic carboxylic acids is 1. The largest absolute Gasteiger partial charge is 0.480 e. The fourth-order valence-corrected chi connectivity index (χ4v) is 7.13. The van der Waals surface area contributed by atoms with Crippen molar-refractivity contribution in [2.24, 2.45) is 0 Å². The average molecular weight is 668 g/mol. The number of benzene rings is 2. The summed E-state index contributed by atoms with van der Waals surface area (Å²) in [5.41, 5.74) is 3.69. The lowest BCUT2D eigenvalue weighted by Gasteiger charge is -2.24. The van der Waals surface area contributed by atoms with Crippen molar-refractivity contribution in [3.63, 3.8) is 0 Å². The second kappa shape index (κ2) is 15.8. The maximum Gasteiger partial charge on any atom is 0.410 e. The van der Waals surface area contributed by atoms with Crippen LogP contribution in [0.2, 0.25) is 0 Å². The van der Waals surface area contributed by atoms with E-state index in [9.17, 15) is 27.9 Å². The van der Waals surface area contributed by atoms with Crippen molar-refractivity contribution in [3.05, 3.63) is 88.6 Å². The minimum atomic E-state index is -4.20. The molecular formula is C33H41N5O8S. The summed E-state index contributed by atoms with van der Waals surface area (Å²) in [5.74, 6) is -1.44. The van der Waals surface area contributed by atoms with Crippen molar-refractivity contribution in [2.45, 2.75) is 63.8 Å². The van der Waals surface area contributed by atoms with Crippen molar-refractivity contribution in [1.29, 1.82) is 0 Å². The maximum absolute atomic E-state index is 13.1. The number of nitrogens with zero attached hydrogens (tertiary/aromatic N) is 2. The first-order valence-corrected chi connectivity index (χ1v) is 16.7. The van der Waals surface area contributed by atoms with Crippen molar-refractivity contribution in [3.8, 4) is 0 Å². The summed E-state index contributed by atoms with van der Waals surface area (Å²) in [6.07, 6.45) is 1.10. The van der Waals surface area contributed by atoms with Crippen LogP contribution in [0.4, 0.5) is 10.6 Å². The predicted octanol–water partition coefficient (Wildman–Crippen LogP) is 3.07. The quantitative estimate of drug-likeness (QED) is 0.200. The number of sulfonamides is 1. The van der Waals surface area contributed by atoms with Crippen molar-refractivity contribution >= 4 is 33.8 Å². The monoisotopic (exact) mass is 667 g/mol. The van der Waals surface area contributed by atoms with Gasteiger partial charge in [0.2, 0.25) is 15.9 Å². The third-order valence-corrected chi connectivity index (χ3v) is 9.44. The van der Waals surface area contributed by atoms with E-state index < -0.39 is 53.3 Å².